The van der Waals surface area contributed by atoms with Crippen molar-refractivity contribution >= 4 is 52.7 Å². The minimum Gasteiger partial charge on any atom is -0.494 e. The van der Waals surface area contributed by atoms with Crippen LogP contribution in [0.4, 0.5) is 11.4 Å². The number of carboxylic acid groups (broad SMARTS) is 1. The molecule has 38 heavy (non-hydrogen) atoms. The summed E-state index contributed by atoms with van der Waals surface area (Å²) in [6.07, 6.45) is 3.25. The zero-order valence-corrected chi connectivity index (χ0v) is 22.6. The average molecular weight is 563 g/mol. The Hall–Kier alpha value is -2.85. The zero-order chi connectivity index (χ0) is 27.3. The number of hydrogen-bond acceptors (Lipinski definition) is 7. The van der Waals surface area contributed by atoms with Gasteiger partial charge in [-0.15, -0.1) is 0 Å². The van der Waals surface area contributed by atoms with Crippen molar-refractivity contribution < 1.29 is 24.2 Å². The molecule has 2 heterocycles. The molecule has 4 rings (SSSR count). The molecule has 0 aliphatic carbocycles. The highest BCUT2D eigenvalue weighted by atomic mass is 35.5. The van der Waals surface area contributed by atoms with Crippen LogP contribution in [0.1, 0.15) is 36.8 Å². The van der Waals surface area contributed by atoms with Crippen LogP contribution in [0.3, 0.4) is 0 Å². The summed E-state index contributed by atoms with van der Waals surface area (Å²) in [7, 11) is 0. The lowest BCUT2D eigenvalue weighted by Crippen LogP contribution is -2.47. The first-order valence-corrected chi connectivity index (χ1v) is 13.5. The molecule has 204 valence electrons. The second-order valence-electron chi connectivity index (χ2n) is 9.66. The number of aldehydes is 1. The summed E-state index contributed by atoms with van der Waals surface area (Å²) in [5.74, 6) is -0.532. The van der Waals surface area contributed by atoms with Crippen LogP contribution in [-0.4, -0.2) is 67.5 Å². The van der Waals surface area contributed by atoms with Crippen LogP contribution in [0.25, 0.3) is 0 Å². The number of nitrogens with zero attached hydrogens (tertiary/aromatic N) is 2. The van der Waals surface area contributed by atoms with Crippen LogP contribution in [0.2, 0.25) is 10.0 Å². The predicted molar refractivity (Wildman–Crippen MR) is 147 cm³/mol. The van der Waals surface area contributed by atoms with Gasteiger partial charge in [-0.1, -0.05) is 35.3 Å². The molecule has 4 N–H and O–H groups in total. The molecule has 0 spiro atoms. The van der Waals surface area contributed by atoms with E-state index in [1.54, 1.807) is 12.1 Å². The second kappa shape index (κ2) is 12.3. The number of aryl methyl sites for hydroxylation is 1. The van der Waals surface area contributed by atoms with Gasteiger partial charge in [0.1, 0.15) is 17.6 Å². The molecule has 1 fully saturated rings. The normalized spacial score (nSPS) is 17.3. The highest BCUT2D eigenvalue weighted by Gasteiger charge is 2.39. The Morgan fingerprint density at radius 3 is 2.58 bits per heavy atom. The minimum atomic E-state index is -1.93. The first-order chi connectivity index (χ1) is 18.2. The van der Waals surface area contributed by atoms with Gasteiger partial charge in [0.2, 0.25) is 5.91 Å². The Bertz CT molecular complexity index is 1200. The Labute approximate surface area is 231 Å². The van der Waals surface area contributed by atoms with Crippen molar-refractivity contribution in [2.24, 2.45) is 5.73 Å². The Morgan fingerprint density at radius 2 is 1.87 bits per heavy atom. The fourth-order valence-electron chi connectivity index (χ4n) is 4.85. The topological polar surface area (TPSA) is 125 Å². The van der Waals surface area contributed by atoms with Gasteiger partial charge in [-0.25, -0.2) is 4.79 Å². The number of piperazine rings is 1. The number of fused-ring (bicyclic) bond motifs is 1. The van der Waals surface area contributed by atoms with Crippen molar-refractivity contribution in [1.82, 2.24) is 4.90 Å². The van der Waals surface area contributed by atoms with Crippen molar-refractivity contribution in [1.29, 1.82) is 0 Å². The number of hydrogen-bond donors (Lipinski definition) is 3. The molecular formula is C27H32Cl2N4O5. The summed E-state index contributed by atoms with van der Waals surface area (Å²) < 4.78 is 5.89. The molecular weight excluding hydrogens is 531 g/mol. The third-order valence-corrected chi connectivity index (χ3v) is 8.03. The van der Waals surface area contributed by atoms with Crippen LogP contribution in [0.15, 0.2) is 30.3 Å². The largest absolute Gasteiger partial charge is 0.494 e. The smallest absolute Gasteiger partial charge is 0.328 e. The van der Waals surface area contributed by atoms with Gasteiger partial charge < -0.3 is 30.6 Å². The number of ether oxygens (including phenoxy) is 1. The molecule has 0 bridgehead atoms. The molecule has 1 amide bonds. The summed E-state index contributed by atoms with van der Waals surface area (Å²) in [5, 5.41) is 12.8. The molecule has 2 aromatic rings. The standard InChI is InChI=1S/C27H32Cl2N4O5/c28-24-20(27(30,9-15-34)26(36)37)6-7-22(25(24)29)33-13-11-32(12-14-33)10-1-2-16-38-19-5-3-18-4-8-23(35)31-21(18)17-19/h3,5-7,15,17H,1-2,4,8-14,16,30H2,(H,31,35)(H,36,37). The van der Waals surface area contributed by atoms with Crippen LogP contribution < -0.4 is 20.7 Å². The molecule has 2 aliphatic rings. The van der Waals surface area contributed by atoms with Crippen molar-refractivity contribution in [3.05, 3.63) is 51.5 Å². The number of benzene rings is 2. The van der Waals surface area contributed by atoms with Crippen LogP contribution >= 0.6 is 23.2 Å². The Kier molecular flexibility index (Phi) is 9.15. The number of amides is 1. The lowest BCUT2D eigenvalue weighted by Gasteiger charge is -2.37. The third kappa shape index (κ3) is 6.23. The number of halogens is 2. The zero-order valence-electron chi connectivity index (χ0n) is 21.1. The number of anilines is 2. The third-order valence-electron chi connectivity index (χ3n) is 7.16. The number of nitrogens with two attached hydrogens (primary N) is 1. The number of carbonyl (C=O) groups is 3. The fourth-order valence-corrected chi connectivity index (χ4v) is 5.47. The summed E-state index contributed by atoms with van der Waals surface area (Å²) in [6.45, 7) is 4.74. The van der Waals surface area contributed by atoms with Crippen molar-refractivity contribution in [2.75, 3.05) is 49.5 Å². The van der Waals surface area contributed by atoms with Gasteiger partial charge >= 0.3 is 5.97 Å². The van der Waals surface area contributed by atoms with E-state index in [-0.39, 0.29) is 21.5 Å². The SMILES string of the molecule is NC(CC=O)(C(=O)O)c1ccc(N2CCN(CCCCOc3ccc4c(c3)NC(=O)CC4)CC2)c(Cl)c1Cl. The monoisotopic (exact) mass is 562 g/mol. The van der Waals surface area contributed by atoms with Crippen LogP contribution in [0.5, 0.6) is 5.75 Å². The first kappa shape index (κ1) is 28.2. The predicted octanol–water partition coefficient (Wildman–Crippen LogP) is 3.69. The maximum Gasteiger partial charge on any atom is 0.328 e. The van der Waals surface area contributed by atoms with E-state index in [2.05, 4.69) is 15.1 Å². The quantitative estimate of drug-likeness (QED) is 0.279. The van der Waals surface area contributed by atoms with E-state index in [1.807, 2.05) is 18.2 Å². The lowest BCUT2D eigenvalue weighted by molar-refractivity contribution is -0.145. The number of aliphatic carboxylic acids is 1. The van der Waals surface area contributed by atoms with Gasteiger partial charge in [0.15, 0.2) is 0 Å². The summed E-state index contributed by atoms with van der Waals surface area (Å²) in [6, 6.07) is 9.13. The van der Waals surface area contributed by atoms with E-state index in [4.69, 9.17) is 33.7 Å². The van der Waals surface area contributed by atoms with Gasteiger partial charge in [0.05, 0.1) is 22.3 Å². The number of unbranched alkanes of at least 4 members (excludes halogenated alkanes) is 1. The van der Waals surface area contributed by atoms with E-state index in [0.29, 0.717) is 25.0 Å². The summed E-state index contributed by atoms with van der Waals surface area (Å²) in [5.41, 5.74) is 6.89. The number of nitrogens with one attached hydrogen (secondary N) is 1. The van der Waals surface area contributed by atoms with Crippen molar-refractivity contribution in [3.8, 4) is 5.75 Å². The molecule has 2 aromatic carbocycles. The van der Waals surface area contributed by atoms with E-state index < -0.39 is 17.9 Å². The van der Waals surface area contributed by atoms with Gasteiger partial charge in [0, 0.05) is 56.3 Å². The Balaban J connectivity index is 1.23. The fraction of sp³-hybridized carbons (Fsp3) is 0.444. The van der Waals surface area contributed by atoms with E-state index in [1.165, 1.54) is 0 Å². The molecule has 2 aliphatic heterocycles. The molecule has 11 heteroatoms. The van der Waals surface area contributed by atoms with Crippen LogP contribution in [0, 0.1) is 0 Å². The minimum absolute atomic E-state index is 0.0440. The van der Waals surface area contributed by atoms with Crippen molar-refractivity contribution in [2.45, 2.75) is 37.6 Å². The molecule has 1 unspecified atom stereocenters. The maximum absolute atomic E-state index is 11.7. The molecule has 0 aromatic heterocycles. The summed E-state index contributed by atoms with van der Waals surface area (Å²) >= 11 is 13.0. The number of carboxylic acids is 1. The average Bonchev–Trinajstić information content (AvgIpc) is 2.90. The van der Waals surface area contributed by atoms with Gasteiger partial charge in [-0.2, -0.15) is 0 Å². The molecule has 0 saturated carbocycles. The van der Waals surface area contributed by atoms with Gasteiger partial charge in [0.25, 0.3) is 0 Å². The lowest BCUT2D eigenvalue weighted by atomic mass is 9.88. The highest BCUT2D eigenvalue weighted by molar-refractivity contribution is 6.44. The summed E-state index contributed by atoms with van der Waals surface area (Å²) in [4.78, 5) is 38.9. The molecule has 1 saturated heterocycles. The van der Waals surface area contributed by atoms with E-state index in [9.17, 15) is 19.5 Å². The number of carbonyl (C=O) groups excluding carboxylic acids is 2. The van der Waals surface area contributed by atoms with E-state index in [0.717, 1.165) is 69.0 Å². The number of rotatable bonds is 11. The maximum atomic E-state index is 11.7. The first-order valence-electron chi connectivity index (χ1n) is 12.7. The van der Waals surface area contributed by atoms with E-state index >= 15 is 0 Å². The highest BCUT2D eigenvalue weighted by Crippen LogP contribution is 2.40. The van der Waals surface area contributed by atoms with Crippen LogP contribution in [-0.2, 0) is 26.3 Å². The van der Waals surface area contributed by atoms with Gasteiger partial charge in [-0.3, -0.25) is 9.69 Å². The molecule has 1 atom stereocenters. The van der Waals surface area contributed by atoms with Crippen molar-refractivity contribution in [3.63, 3.8) is 0 Å². The Morgan fingerprint density at radius 1 is 1.11 bits per heavy atom. The molecule has 0 radical (unpaired) electrons. The van der Waals surface area contributed by atoms with Gasteiger partial charge in [-0.05, 0) is 43.5 Å². The second-order valence-corrected chi connectivity index (χ2v) is 10.4. The molecule has 9 nitrogen and oxygen atoms in total.